The standard InChI is InChI=1S/C35H54O5Si/c1-11-41(12-2,13-3)40-33-24(8)28-15-14-20(4)16-21(5)17-22(6)18-23(7)29-19-27-30(35(38-28)26(33)10)32(37)31(36)25(9)34(27)39-29/h16,19-20,22-24,26,28,33,35H,11-15,17-18H2,1-10H3/b21-16+/t20-,22+,23-,24-,26+,28+,33-,35+/m0/s1. The van der Waals surface area contributed by atoms with Crippen LogP contribution < -0.4 is 10.6 Å². The van der Waals surface area contributed by atoms with E-state index in [-0.39, 0.29) is 30.0 Å². The molecule has 6 heteroatoms. The van der Waals surface area contributed by atoms with E-state index in [2.05, 4.69) is 68.4 Å². The molecule has 4 bridgehead atoms. The molecule has 0 saturated carbocycles. The summed E-state index contributed by atoms with van der Waals surface area (Å²) in [6, 6.07) is 5.25. The van der Waals surface area contributed by atoms with Crippen molar-refractivity contribution in [3.63, 3.8) is 0 Å². The maximum atomic E-state index is 13.8. The SMILES string of the molecule is CC[Si](CC)(CC)O[C@H]1[C@@H](C)[C@H]2CC[C@H](C)/C=C(\C)C[C@@H](C)C[C@H](C)c3cc4c(o3)=C(C)C(=O)C(=O)C=4[C@H](O2)[C@@H]1C. The van der Waals surface area contributed by atoms with Crippen LogP contribution in [0.1, 0.15) is 107 Å². The zero-order valence-corrected chi connectivity index (χ0v) is 28.3. The maximum Gasteiger partial charge on any atom is 0.232 e. The first-order valence-corrected chi connectivity index (χ1v) is 18.8. The van der Waals surface area contributed by atoms with Gasteiger partial charge in [-0.05, 0) is 75.6 Å². The van der Waals surface area contributed by atoms with E-state index in [1.807, 2.05) is 6.07 Å². The lowest BCUT2D eigenvalue weighted by Crippen LogP contribution is -2.57. The molecular weight excluding hydrogens is 528 g/mol. The predicted molar refractivity (Wildman–Crippen MR) is 168 cm³/mol. The van der Waals surface area contributed by atoms with Crippen molar-refractivity contribution in [2.75, 3.05) is 0 Å². The van der Waals surface area contributed by atoms with Crippen molar-refractivity contribution < 1.29 is 23.2 Å². The van der Waals surface area contributed by atoms with Crippen molar-refractivity contribution >= 4 is 31.0 Å². The Balaban J connectivity index is 1.91. The molecule has 3 heterocycles. The quantitative estimate of drug-likeness (QED) is 0.211. The van der Waals surface area contributed by atoms with Gasteiger partial charge in [-0.3, -0.25) is 9.59 Å². The Morgan fingerprint density at radius 3 is 2.22 bits per heavy atom. The molecule has 41 heavy (non-hydrogen) atoms. The third-order valence-corrected chi connectivity index (χ3v) is 15.2. The third kappa shape index (κ3) is 6.31. The molecule has 1 aliphatic carbocycles. The molecule has 0 aromatic carbocycles. The molecule has 1 aromatic rings. The van der Waals surface area contributed by atoms with Crippen LogP contribution in [0.5, 0.6) is 0 Å². The maximum absolute atomic E-state index is 13.8. The third-order valence-electron chi connectivity index (χ3n) is 10.6. The molecule has 5 nitrogen and oxygen atoms in total. The van der Waals surface area contributed by atoms with Gasteiger partial charge in [0.25, 0.3) is 0 Å². The Morgan fingerprint density at radius 1 is 0.927 bits per heavy atom. The van der Waals surface area contributed by atoms with Crippen LogP contribution in [0.4, 0.5) is 0 Å². The second kappa shape index (κ2) is 12.8. The van der Waals surface area contributed by atoms with Gasteiger partial charge in [-0.25, -0.2) is 0 Å². The molecule has 228 valence electrons. The topological polar surface area (TPSA) is 65.7 Å². The molecule has 0 spiro atoms. The molecule has 0 radical (unpaired) electrons. The van der Waals surface area contributed by atoms with E-state index in [9.17, 15) is 9.59 Å². The summed E-state index contributed by atoms with van der Waals surface area (Å²) in [7, 11) is -1.94. The molecule has 1 saturated heterocycles. The fraction of sp³-hybridized carbons (Fsp3) is 0.714. The average molecular weight is 583 g/mol. The molecule has 3 aliphatic rings. The van der Waals surface area contributed by atoms with E-state index in [4.69, 9.17) is 13.6 Å². The van der Waals surface area contributed by atoms with Gasteiger partial charge in [0.1, 0.15) is 11.2 Å². The normalized spacial score (nSPS) is 34.9. The zero-order valence-electron chi connectivity index (χ0n) is 27.3. The van der Waals surface area contributed by atoms with Crippen molar-refractivity contribution in [2.45, 2.75) is 137 Å². The van der Waals surface area contributed by atoms with E-state index < -0.39 is 26.0 Å². The van der Waals surface area contributed by atoms with Gasteiger partial charge in [0.15, 0.2) is 8.32 Å². The van der Waals surface area contributed by atoms with Crippen LogP contribution in [0.25, 0.3) is 11.1 Å². The van der Waals surface area contributed by atoms with Crippen molar-refractivity contribution in [1.82, 2.24) is 0 Å². The van der Waals surface area contributed by atoms with Crippen LogP contribution in [0.3, 0.4) is 0 Å². The van der Waals surface area contributed by atoms with Crippen LogP contribution in [0.15, 0.2) is 22.1 Å². The summed E-state index contributed by atoms with van der Waals surface area (Å²) < 4.78 is 20.6. The number of allylic oxidation sites excluding steroid dienone is 2. The Morgan fingerprint density at radius 2 is 1.59 bits per heavy atom. The fourth-order valence-electron chi connectivity index (χ4n) is 7.81. The molecule has 4 rings (SSSR count). The average Bonchev–Trinajstić information content (AvgIpc) is 3.38. The molecule has 1 aromatic heterocycles. The van der Waals surface area contributed by atoms with Crippen LogP contribution in [0.2, 0.25) is 18.1 Å². The Kier molecular flexibility index (Phi) is 10.1. The lowest BCUT2D eigenvalue weighted by Gasteiger charge is -2.49. The number of hydrogen-bond donors (Lipinski definition) is 0. The van der Waals surface area contributed by atoms with Crippen molar-refractivity contribution in [2.24, 2.45) is 23.7 Å². The van der Waals surface area contributed by atoms with E-state index in [0.29, 0.717) is 28.4 Å². The fourth-order valence-corrected chi connectivity index (χ4v) is 10.8. The van der Waals surface area contributed by atoms with Crippen molar-refractivity contribution in [3.05, 3.63) is 34.1 Å². The second-order valence-corrected chi connectivity index (χ2v) is 18.5. The number of fused-ring (bicyclic) bond motifs is 4. The second-order valence-electron chi connectivity index (χ2n) is 13.7. The predicted octanol–water partition coefficient (Wildman–Crippen LogP) is 7.08. The van der Waals surface area contributed by atoms with Crippen molar-refractivity contribution in [1.29, 1.82) is 0 Å². The molecule has 2 aliphatic heterocycles. The number of Topliss-reactive ketones (excluding diaryl/α,β-unsaturated/α-hetero) is 2. The summed E-state index contributed by atoms with van der Waals surface area (Å²) in [5.74, 6) is 1.18. The van der Waals surface area contributed by atoms with Gasteiger partial charge in [0.2, 0.25) is 11.6 Å². The smallest absolute Gasteiger partial charge is 0.232 e. The summed E-state index contributed by atoms with van der Waals surface area (Å²) in [5, 5.41) is 0.757. The van der Waals surface area contributed by atoms with E-state index in [0.717, 1.165) is 54.8 Å². The number of hydrogen-bond acceptors (Lipinski definition) is 5. The highest BCUT2D eigenvalue weighted by Gasteiger charge is 2.49. The van der Waals surface area contributed by atoms with Gasteiger partial charge in [0.05, 0.1) is 18.3 Å². The van der Waals surface area contributed by atoms with Gasteiger partial charge < -0.3 is 13.6 Å². The monoisotopic (exact) mass is 582 g/mol. The minimum Gasteiger partial charge on any atom is -0.460 e. The van der Waals surface area contributed by atoms with Gasteiger partial charge in [-0.15, -0.1) is 0 Å². The number of carbonyl (C=O) groups excluding carboxylic acids is 2. The first kappa shape index (κ1) is 32.2. The Hall–Kier alpha value is -1.76. The molecule has 0 N–H and O–H groups in total. The molecule has 0 unspecified atom stereocenters. The lowest BCUT2D eigenvalue weighted by molar-refractivity contribution is -0.146. The lowest BCUT2D eigenvalue weighted by atomic mass is 9.76. The summed E-state index contributed by atoms with van der Waals surface area (Å²) in [5.41, 5.74) is 2.88. The summed E-state index contributed by atoms with van der Waals surface area (Å²) in [6.07, 6.45) is 5.77. The highest BCUT2D eigenvalue weighted by atomic mass is 28.4. The number of ether oxygens (including phenoxy) is 1. The summed E-state index contributed by atoms with van der Waals surface area (Å²) in [4.78, 5) is 27.2. The highest BCUT2D eigenvalue weighted by molar-refractivity contribution is 6.73. The summed E-state index contributed by atoms with van der Waals surface area (Å²) >= 11 is 0. The van der Waals surface area contributed by atoms with Crippen LogP contribution in [0, 0.1) is 23.7 Å². The van der Waals surface area contributed by atoms with E-state index >= 15 is 0 Å². The largest absolute Gasteiger partial charge is 0.460 e. The highest BCUT2D eigenvalue weighted by Crippen LogP contribution is 2.41. The van der Waals surface area contributed by atoms with Crippen LogP contribution >= 0.6 is 0 Å². The summed E-state index contributed by atoms with van der Waals surface area (Å²) in [6.45, 7) is 22.0. The Bertz CT molecular complexity index is 1280. The molecule has 1 fully saturated rings. The minimum absolute atomic E-state index is 0.0336. The van der Waals surface area contributed by atoms with Gasteiger partial charge in [0, 0.05) is 34.1 Å². The zero-order chi connectivity index (χ0) is 30.2. The first-order valence-electron chi connectivity index (χ1n) is 16.3. The Labute approximate surface area is 249 Å². The number of furan rings is 1. The van der Waals surface area contributed by atoms with Gasteiger partial charge >= 0.3 is 0 Å². The molecular formula is C35H54O5Si. The molecule has 0 amide bonds. The molecule has 8 atom stereocenters. The van der Waals surface area contributed by atoms with Crippen LogP contribution in [-0.2, 0) is 18.8 Å². The number of rotatable bonds is 5. The number of carbonyl (C=O) groups is 2. The van der Waals surface area contributed by atoms with Crippen molar-refractivity contribution in [3.8, 4) is 0 Å². The van der Waals surface area contributed by atoms with Gasteiger partial charge in [-0.2, -0.15) is 0 Å². The number of ketones is 2. The van der Waals surface area contributed by atoms with Crippen LogP contribution in [-0.4, -0.2) is 38.2 Å². The van der Waals surface area contributed by atoms with Gasteiger partial charge in [-0.1, -0.05) is 67.0 Å². The minimum atomic E-state index is -1.94. The van der Waals surface area contributed by atoms with E-state index in [1.165, 1.54) is 5.57 Å². The first-order chi connectivity index (χ1) is 19.4. The van der Waals surface area contributed by atoms with E-state index in [1.54, 1.807) is 6.92 Å².